The summed E-state index contributed by atoms with van der Waals surface area (Å²) in [6.45, 7) is 3.77. The molecule has 7 heteroatoms. The van der Waals surface area contributed by atoms with Gasteiger partial charge in [0.1, 0.15) is 0 Å². The van der Waals surface area contributed by atoms with Crippen molar-refractivity contribution in [3.8, 4) is 11.5 Å². The minimum atomic E-state index is 0.420. The van der Waals surface area contributed by atoms with Gasteiger partial charge in [0.05, 0.1) is 10.6 Å². The molecule has 0 amide bonds. The lowest BCUT2D eigenvalue weighted by Crippen LogP contribution is -2.44. The van der Waals surface area contributed by atoms with E-state index < -0.39 is 0 Å². The van der Waals surface area contributed by atoms with Crippen LogP contribution < -0.4 is 10.6 Å². The Bertz CT molecular complexity index is 607. The van der Waals surface area contributed by atoms with Crippen molar-refractivity contribution >= 4 is 23.2 Å². The Morgan fingerprint density at radius 1 is 1.25 bits per heavy atom. The smallest absolute Gasteiger partial charge is 0.266 e. The van der Waals surface area contributed by atoms with E-state index in [4.69, 9.17) is 21.9 Å². The van der Waals surface area contributed by atoms with Gasteiger partial charge in [0, 0.05) is 31.9 Å². The number of nitrogen functional groups attached to an aromatic ring is 1. The van der Waals surface area contributed by atoms with E-state index >= 15 is 0 Å². The van der Waals surface area contributed by atoms with Crippen molar-refractivity contribution < 1.29 is 4.52 Å². The molecule has 0 unspecified atom stereocenters. The maximum absolute atomic E-state index is 6.15. The van der Waals surface area contributed by atoms with Gasteiger partial charge in [-0.25, -0.2) is 0 Å². The van der Waals surface area contributed by atoms with Crippen LogP contribution in [0.1, 0.15) is 0 Å². The van der Waals surface area contributed by atoms with Crippen LogP contribution in [0.15, 0.2) is 22.7 Å². The van der Waals surface area contributed by atoms with E-state index in [1.807, 2.05) is 0 Å². The van der Waals surface area contributed by atoms with Crippen LogP contribution >= 0.6 is 11.6 Å². The third kappa shape index (κ3) is 2.57. The Morgan fingerprint density at radius 2 is 2.00 bits per heavy atom. The zero-order valence-electron chi connectivity index (χ0n) is 11.2. The fourth-order valence-corrected chi connectivity index (χ4v) is 2.43. The number of piperazine rings is 1. The lowest BCUT2D eigenvalue weighted by Gasteiger charge is -2.31. The quantitative estimate of drug-likeness (QED) is 0.850. The second-order valence-electron chi connectivity index (χ2n) is 4.93. The predicted octanol–water partition coefficient (Wildman–Crippen LogP) is 1.72. The number of aromatic nitrogens is 2. The fourth-order valence-electron chi connectivity index (χ4n) is 2.16. The number of benzene rings is 1. The first-order valence-electron chi connectivity index (χ1n) is 6.46. The second-order valence-corrected chi connectivity index (χ2v) is 5.34. The summed E-state index contributed by atoms with van der Waals surface area (Å²) >= 11 is 6.15. The number of anilines is 2. The predicted molar refractivity (Wildman–Crippen MR) is 78.9 cm³/mol. The van der Waals surface area contributed by atoms with Gasteiger partial charge in [-0.1, -0.05) is 11.6 Å². The highest BCUT2D eigenvalue weighted by atomic mass is 35.5. The molecule has 1 saturated heterocycles. The summed E-state index contributed by atoms with van der Waals surface area (Å²) in [7, 11) is 2.10. The van der Waals surface area contributed by atoms with Crippen LogP contribution in [-0.2, 0) is 0 Å². The fraction of sp³-hybridized carbons (Fsp3) is 0.385. The summed E-state index contributed by atoms with van der Waals surface area (Å²) in [6.07, 6.45) is 0. The summed E-state index contributed by atoms with van der Waals surface area (Å²) in [5.41, 5.74) is 6.99. The van der Waals surface area contributed by atoms with Crippen LogP contribution in [-0.4, -0.2) is 48.3 Å². The molecule has 0 aliphatic carbocycles. The molecule has 3 rings (SSSR count). The molecule has 0 saturated carbocycles. The molecule has 20 heavy (non-hydrogen) atoms. The van der Waals surface area contributed by atoms with E-state index in [0.29, 0.717) is 28.1 Å². The van der Waals surface area contributed by atoms with E-state index in [2.05, 4.69) is 27.0 Å². The Balaban J connectivity index is 1.83. The largest absolute Gasteiger partial charge is 0.399 e. The molecule has 2 heterocycles. The minimum absolute atomic E-state index is 0.420. The van der Waals surface area contributed by atoms with Crippen molar-refractivity contribution in [2.45, 2.75) is 0 Å². The summed E-state index contributed by atoms with van der Waals surface area (Å²) in [5.74, 6) is 1.03. The van der Waals surface area contributed by atoms with Crippen molar-refractivity contribution in [1.82, 2.24) is 15.0 Å². The molecule has 0 atom stereocenters. The molecular weight excluding hydrogens is 278 g/mol. The number of likely N-dealkylation sites (N-methyl/N-ethyl adjacent to an activating group) is 1. The van der Waals surface area contributed by atoms with Gasteiger partial charge in [0.15, 0.2) is 0 Å². The number of nitrogens with zero attached hydrogens (tertiary/aromatic N) is 4. The van der Waals surface area contributed by atoms with Gasteiger partial charge in [-0.15, -0.1) is 0 Å². The van der Waals surface area contributed by atoms with Crippen molar-refractivity contribution in [3.63, 3.8) is 0 Å². The molecule has 2 aromatic rings. The Kier molecular flexibility index (Phi) is 3.50. The Labute approximate surface area is 122 Å². The van der Waals surface area contributed by atoms with Crippen LogP contribution in [0.2, 0.25) is 5.02 Å². The topological polar surface area (TPSA) is 71.4 Å². The van der Waals surface area contributed by atoms with Crippen LogP contribution in [0.3, 0.4) is 0 Å². The molecule has 1 aliphatic rings. The van der Waals surface area contributed by atoms with Gasteiger partial charge >= 0.3 is 0 Å². The molecule has 1 aliphatic heterocycles. The molecule has 106 valence electrons. The molecule has 0 radical (unpaired) electrons. The van der Waals surface area contributed by atoms with Crippen molar-refractivity contribution in [2.75, 3.05) is 43.9 Å². The van der Waals surface area contributed by atoms with Crippen molar-refractivity contribution in [3.05, 3.63) is 23.2 Å². The summed E-state index contributed by atoms with van der Waals surface area (Å²) in [4.78, 5) is 8.81. The third-order valence-corrected chi connectivity index (χ3v) is 3.74. The van der Waals surface area contributed by atoms with Crippen LogP contribution in [0.5, 0.6) is 0 Å². The maximum Gasteiger partial charge on any atom is 0.266 e. The van der Waals surface area contributed by atoms with Crippen molar-refractivity contribution in [2.24, 2.45) is 0 Å². The standard InChI is InChI=1S/C13H16ClN5O/c1-18-4-6-19(7-5-18)13-16-12(20-17-13)10-3-2-9(15)8-11(10)14/h2-3,8H,4-7,15H2,1H3. The van der Waals surface area contributed by atoms with E-state index in [1.165, 1.54) is 0 Å². The molecular formula is C13H16ClN5O. The zero-order chi connectivity index (χ0) is 14.1. The average molecular weight is 294 g/mol. The minimum Gasteiger partial charge on any atom is -0.399 e. The SMILES string of the molecule is CN1CCN(c2noc(-c3ccc(N)cc3Cl)n2)CC1. The zero-order valence-corrected chi connectivity index (χ0v) is 12.0. The lowest BCUT2D eigenvalue weighted by atomic mass is 10.2. The first-order valence-corrected chi connectivity index (χ1v) is 6.84. The normalized spacial score (nSPS) is 16.6. The third-order valence-electron chi connectivity index (χ3n) is 3.42. The van der Waals surface area contributed by atoms with E-state index in [9.17, 15) is 0 Å². The van der Waals surface area contributed by atoms with Gasteiger partial charge in [-0.3, -0.25) is 0 Å². The summed E-state index contributed by atoms with van der Waals surface area (Å²) in [6, 6.07) is 5.23. The monoisotopic (exact) mass is 293 g/mol. The number of nitrogens with two attached hydrogens (primary N) is 1. The summed E-state index contributed by atoms with van der Waals surface area (Å²) < 4.78 is 5.31. The summed E-state index contributed by atoms with van der Waals surface area (Å²) in [5, 5.41) is 4.55. The molecule has 0 spiro atoms. The lowest BCUT2D eigenvalue weighted by molar-refractivity contribution is 0.309. The first kappa shape index (κ1) is 13.2. The average Bonchev–Trinajstić information content (AvgIpc) is 2.89. The second kappa shape index (κ2) is 5.30. The van der Waals surface area contributed by atoms with Crippen molar-refractivity contribution in [1.29, 1.82) is 0 Å². The van der Waals surface area contributed by atoms with Gasteiger partial charge in [-0.05, 0) is 30.4 Å². The number of hydrogen-bond acceptors (Lipinski definition) is 6. The van der Waals surface area contributed by atoms with Gasteiger partial charge < -0.3 is 20.1 Å². The highest BCUT2D eigenvalue weighted by Crippen LogP contribution is 2.29. The van der Waals surface area contributed by atoms with Gasteiger partial charge in [0.25, 0.3) is 11.8 Å². The molecule has 1 fully saturated rings. The van der Waals surface area contributed by atoms with E-state index in [1.54, 1.807) is 18.2 Å². The molecule has 2 N–H and O–H groups in total. The van der Waals surface area contributed by atoms with Gasteiger partial charge in [-0.2, -0.15) is 4.98 Å². The number of rotatable bonds is 2. The van der Waals surface area contributed by atoms with E-state index in [-0.39, 0.29) is 0 Å². The van der Waals surface area contributed by atoms with Crippen LogP contribution in [0.4, 0.5) is 11.6 Å². The highest BCUT2D eigenvalue weighted by molar-refractivity contribution is 6.33. The van der Waals surface area contributed by atoms with E-state index in [0.717, 1.165) is 26.2 Å². The first-order chi connectivity index (χ1) is 9.63. The highest BCUT2D eigenvalue weighted by Gasteiger charge is 2.20. The number of halogens is 1. The Hall–Kier alpha value is -1.79. The maximum atomic E-state index is 6.15. The Morgan fingerprint density at radius 3 is 2.70 bits per heavy atom. The molecule has 0 bridgehead atoms. The molecule has 1 aromatic carbocycles. The van der Waals surface area contributed by atoms with Crippen LogP contribution in [0.25, 0.3) is 11.5 Å². The molecule has 1 aromatic heterocycles. The number of hydrogen-bond donors (Lipinski definition) is 1. The molecule has 6 nitrogen and oxygen atoms in total. The van der Waals surface area contributed by atoms with Crippen LogP contribution in [0, 0.1) is 0 Å². The van der Waals surface area contributed by atoms with Gasteiger partial charge in [0.2, 0.25) is 0 Å².